The zero-order chi connectivity index (χ0) is 19.3. The highest BCUT2D eigenvalue weighted by Crippen LogP contribution is 2.27. The molecule has 0 saturated heterocycles. The molecule has 0 bridgehead atoms. The van der Waals surface area contributed by atoms with Gasteiger partial charge in [0.1, 0.15) is 5.82 Å². The van der Waals surface area contributed by atoms with Gasteiger partial charge in [-0.2, -0.15) is 10.2 Å². The summed E-state index contributed by atoms with van der Waals surface area (Å²) in [6.45, 7) is 0. The van der Waals surface area contributed by atoms with Crippen LogP contribution in [0.1, 0.15) is 5.56 Å². The van der Waals surface area contributed by atoms with Gasteiger partial charge in [-0.25, -0.2) is 4.98 Å². The van der Waals surface area contributed by atoms with Crippen LogP contribution < -0.4 is 16.4 Å². The van der Waals surface area contributed by atoms with Crippen LogP contribution in [0.2, 0.25) is 0 Å². The number of rotatable bonds is 5. The van der Waals surface area contributed by atoms with Crippen molar-refractivity contribution in [2.75, 3.05) is 16.4 Å². The van der Waals surface area contributed by atoms with Gasteiger partial charge in [-0.05, 0) is 48.0 Å². The molecule has 0 radical (unpaired) electrons. The predicted molar refractivity (Wildman–Crippen MR) is 113 cm³/mol. The molecule has 6 heteroatoms. The van der Waals surface area contributed by atoms with Crippen molar-refractivity contribution in [3.63, 3.8) is 0 Å². The van der Waals surface area contributed by atoms with E-state index in [0.29, 0.717) is 23.9 Å². The molecule has 0 saturated carbocycles. The van der Waals surface area contributed by atoms with E-state index in [2.05, 4.69) is 26.7 Å². The van der Waals surface area contributed by atoms with Crippen molar-refractivity contribution >= 4 is 39.7 Å². The normalized spacial score (nSPS) is 10.4. The van der Waals surface area contributed by atoms with E-state index in [1.54, 1.807) is 0 Å². The molecule has 4 N–H and O–H groups in total. The first-order valence-corrected chi connectivity index (χ1v) is 8.83. The number of hydrogen-bond donors (Lipinski definition) is 3. The quantitative estimate of drug-likeness (QED) is 0.440. The standard InChI is InChI=1S/C22H18N6/c23-13-12-15-8-10-17(11-9-15)26-22-27-20-7-2-1-6-19(20)21(28-22)25-18-5-3-4-16(24)14-18/h1-11,14H,12,24H2,(H2,25,26,27,28). The second-order valence-corrected chi connectivity index (χ2v) is 6.32. The molecule has 0 atom stereocenters. The Labute approximate surface area is 162 Å². The Balaban J connectivity index is 1.68. The Morgan fingerprint density at radius 1 is 0.857 bits per heavy atom. The highest BCUT2D eigenvalue weighted by molar-refractivity contribution is 5.92. The number of nitrogens with two attached hydrogens (primary N) is 1. The van der Waals surface area contributed by atoms with Gasteiger partial charge in [0, 0.05) is 22.4 Å². The van der Waals surface area contributed by atoms with Gasteiger partial charge in [0.25, 0.3) is 0 Å². The molecule has 0 amide bonds. The average molecular weight is 366 g/mol. The number of anilines is 5. The van der Waals surface area contributed by atoms with Gasteiger partial charge in [-0.3, -0.25) is 0 Å². The molecule has 0 aliphatic heterocycles. The van der Waals surface area contributed by atoms with Gasteiger partial charge in [-0.1, -0.05) is 30.3 Å². The largest absolute Gasteiger partial charge is 0.399 e. The summed E-state index contributed by atoms with van der Waals surface area (Å²) >= 11 is 0. The monoisotopic (exact) mass is 366 g/mol. The van der Waals surface area contributed by atoms with E-state index >= 15 is 0 Å². The van der Waals surface area contributed by atoms with Crippen LogP contribution in [0.3, 0.4) is 0 Å². The highest BCUT2D eigenvalue weighted by Gasteiger charge is 2.08. The molecule has 0 spiro atoms. The van der Waals surface area contributed by atoms with Crippen molar-refractivity contribution in [1.82, 2.24) is 9.97 Å². The van der Waals surface area contributed by atoms with Gasteiger partial charge in [0.15, 0.2) is 0 Å². The number of para-hydroxylation sites is 1. The molecule has 6 nitrogen and oxygen atoms in total. The fourth-order valence-electron chi connectivity index (χ4n) is 2.91. The van der Waals surface area contributed by atoms with E-state index in [4.69, 9.17) is 11.0 Å². The smallest absolute Gasteiger partial charge is 0.229 e. The number of aromatic nitrogens is 2. The lowest BCUT2D eigenvalue weighted by atomic mass is 10.1. The lowest BCUT2D eigenvalue weighted by Gasteiger charge is -2.12. The van der Waals surface area contributed by atoms with Gasteiger partial charge >= 0.3 is 0 Å². The Hall–Kier alpha value is -4.11. The maximum Gasteiger partial charge on any atom is 0.229 e. The van der Waals surface area contributed by atoms with E-state index in [1.807, 2.05) is 72.8 Å². The molecule has 0 unspecified atom stereocenters. The van der Waals surface area contributed by atoms with Gasteiger partial charge in [-0.15, -0.1) is 0 Å². The average Bonchev–Trinajstić information content (AvgIpc) is 2.70. The van der Waals surface area contributed by atoms with E-state index in [1.165, 1.54) is 0 Å². The lowest BCUT2D eigenvalue weighted by Crippen LogP contribution is -2.02. The van der Waals surface area contributed by atoms with E-state index in [0.717, 1.165) is 27.8 Å². The minimum Gasteiger partial charge on any atom is -0.399 e. The molecule has 0 aliphatic carbocycles. The van der Waals surface area contributed by atoms with Crippen molar-refractivity contribution in [2.24, 2.45) is 0 Å². The van der Waals surface area contributed by atoms with Crippen molar-refractivity contribution in [3.8, 4) is 6.07 Å². The molecule has 28 heavy (non-hydrogen) atoms. The molecule has 1 aromatic heterocycles. The maximum absolute atomic E-state index is 8.79. The molecule has 3 aromatic carbocycles. The number of nitriles is 1. The molecule has 4 aromatic rings. The second kappa shape index (κ2) is 7.64. The second-order valence-electron chi connectivity index (χ2n) is 6.32. The summed E-state index contributed by atoms with van der Waals surface area (Å²) in [7, 11) is 0. The summed E-state index contributed by atoms with van der Waals surface area (Å²) < 4.78 is 0. The summed E-state index contributed by atoms with van der Waals surface area (Å²) in [5, 5.41) is 16.3. The van der Waals surface area contributed by atoms with E-state index in [-0.39, 0.29) is 0 Å². The van der Waals surface area contributed by atoms with Crippen molar-refractivity contribution < 1.29 is 0 Å². The fourth-order valence-corrected chi connectivity index (χ4v) is 2.91. The summed E-state index contributed by atoms with van der Waals surface area (Å²) in [4.78, 5) is 9.26. The maximum atomic E-state index is 8.79. The van der Waals surface area contributed by atoms with Gasteiger partial charge < -0.3 is 16.4 Å². The topological polar surface area (TPSA) is 99.7 Å². The highest BCUT2D eigenvalue weighted by atomic mass is 15.1. The van der Waals surface area contributed by atoms with E-state index < -0.39 is 0 Å². The van der Waals surface area contributed by atoms with Crippen LogP contribution >= 0.6 is 0 Å². The number of benzene rings is 3. The molecular formula is C22H18N6. The first kappa shape index (κ1) is 17.3. The zero-order valence-corrected chi connectivity index (χ0v) is 15.1. The molecular weight excluding hydrogens is 348 g/mol. The third-order valence-electron chi connectivity index (χ3n) is 4.25. The number of nitrogens with zero attached hydrogens (tertiary/aromatic N) is 3. The number of fused-ring (bicyclic) bond motifs is 1. The third-order valence-corrected chi connectivity index (χ3v) is 4.25. The van der Waals surface area contributed by atoms with Crippen molar-refractivity contribution in [2.45, 2.75) is 6.42 Å². The van der Waals surface area contributed by atoms with E-state index in [9.17, 15) is 0 Å². The summed E-state index contributed by atoms with van der Waals surface area (Å²) in [5.41, 5.74) is 10.1. The predicted octanol–water partition coefficient (Wildman–Crippen LogP) is 4.77. The van der Waals surface area contributed by atoms with Crippen LogP contribution in [0, 0.1) is 11.3 Å². The van der Waals surface area contributed by atoms with Crippen LogP contribution in [0.25, 0.3) is 10.9 Å². The Morgan fingerprint density at radius 2 is 1.68 bits per heavy atom. The number of hydrogen-bond acceptors (Lipinski definition) is 6. The number of nitrogen functional groups attached to an aromatic ring is 1. The molecule has 136 valence electrons. The van der Waals surface area contributed by atoms with Gasteiger partial charge in [0.2, 0.25) is 5.95 Å². The Morgan fingerprint density at radius 3 is 2.46 bits per heavy atom. The first-order valence-electron chi connectivity index (χ1n) is 8.83. The summed E-state index contributed by atoms with van der Waals surface area (Å²) in [6.07, 6.45) is 0.390. The molecule has 0 aliphatic rings. The lowest BCUT2D eigenvalue weighted by molar-refractivity contribution is 1.21. The SMILES string of the molecule is N#CCc1ccc(Nc2nc(Nc3cccc(N)c3)c3ccccc3n2)cc1. The Bertz CT molecular complexity index is 1160. The Kier molecular flexibility index (Phi) is 4.72. The third kappa shape index (κ3) is 3.84. The molecule has 1 heterocycles. The van der Waals surface area contributed by atoms with Crippen molar-refractivity contribution in [1.29, 1.82) is 5.26 Å². The summed E-state index contributed by atoms with van der Waals surface area (Å²) in [6, 6.07) is 25.2. The minimum absolute atomic E-state index is 0.390. The first-order chi connectivity index (χ1) is 13.7. The van der Waals surface area contributed by atoms with Crippen LogP contribution in [0.4, 0.5) is 28.8 Å². The van der Waals surface area contributed by atoms with Gasteiger partial charge in [0.05, 0.1) is 18.0 Å². The van der Waals surface area contributed by atoms with Crippen LogP contribution in [-0.2, 0) is 6.42 Å². The van der Waals surface area contributed by atoms with Crippen molar-refractivity contribution in [3.05, 3.63) is 78.4 Å². The minimum atomic E-state index is 0.390. The molecule has 0 fully saturated rings. The fraction of sp³-hybridized carbons (Fsp3) is 0.0455. The molecule has 4 rings (SSSR count). The van der Waals surface area contributed by atoms with Crippen LogP contribution in [0.15, 0.2) is 72.8 Å². The summed E-state index contributed by atoms with van der Waals surface area (Å²) in [5.74, 6) is 1.18. The van der Waals surface area contributed by atoms with Crippen LogP contribution in [-0.4, -0.2) is 9.97 Å². The zero-order valence-electron chi connectivity index (χ0n) is 15.1. The van der Waals surface area contributed by atoms with Crippen LogP contribution in [0.5, 0.6) is 0 Å². The number of nitrogens with one attached hydrogen (secondary N) is 2.